The van der Waals surface area contributed by atoms with E-state index in [1.807, 2.05) is 43.3 Å². The molecule has 0 aliphatic carbocycles. The van der Waals surface area contributed by atoms with Crippen LogP contribution in [-0.4, -0.2) is 21.4 Å². The summed E-state index contributed by atoms with van der Waals surface area (Å²) in [7, 11) is 0. The summed E-state index contributed by atoms with van der Waals surface area (Å²) in [6.07, 6.45) is 1.63. The van der Waals surface area contributed by atoms with E-state index in [4.69, 9.17) is 9.47 Å². The second-order valence-corrected chi connectivity index (χ2v) is 7.14. The Bertz CT molecular complexity index is 1250. The number of fused-ring (bicyclic) bond motifs is 1. The number of amides is 1. The van der Waals surface area contributed by atoms with Crippen molar-refractivity contribution in [3.63, 3.8) is 0 Å². The molecule has 0 aliphatic rings. The van der Waals surface area contributed by atoms with E-state index in [1.54, 1.807) is 42.6 Å². The second kappa shape index (κ2) is 9.78. The van der Waals surface area contributed by atoms with Crippen molar-refractivity contribution < 1.29 is 14.3 Å². The van der Waals surface area contributed by atoms with Crippen LogP contribution in [-0.2, 0) is 11.4 Å². The average Bonchev–Trinajstić information content (AvgIpc) is 2.83. The summed E-state index contributed by atoms with van der Waals surface area (Å²) >= 11 is 0. The van der Waals surface area contributed by atoms with Crippen molar-refractivity contribution in [1.82, 2.24) is 9.38 Å². The van der Waals surface area contributed by atoms with Gasteiger partial charge in [0.05, 0.1) is 5.69 Å². The van der Waals surface area contributed by atoms with E-state index in [9.17, 15) is 9.59 Å². The molecule has 0 bridgehead atoms. The smallest absolute Gasteiger partial charge is 0.265 e. The number of benzene rings is 2. The SMILES string of the molecule is CC[C@@H](Oc1ccccc1)C(=O)Nc1ccc(OCc2cc(=O)n3ccccc3n2)cc1. The number of ether oxygens (including phenoxy) is 2. The first-order chi connectivity index (χ1) is 15.6. The Morgan fingerprint density at radius 1 is 1.00 bits per heavy atom. The molecule has 4 rings (SSSR count). The van der Waals surface area contributed by atoms with Crippen LogP contribution in [0, 0.1) is 0 Å². The maximum atomic E-state index is 12.6. The molecule has 0 unspecified atom stereocenters. The number of hydrogen-bond acceptors (Lipinski definition) is 5. The summed E-state index contributed by atoms with van der Waals surface area (Å²) in [5.74, 6) is 1.04. The minimum absolute atomic E-state index is 0.157. The quantitative estimate of drug-likeness (QED) is 0.457. The predicted molar refractivity (Wildman–Crippen MR) is 122 cm³/mol. The van der Waals surface area contributed by atoms with Crippen LogP contribution in [0.1, 0.15) is 19.0 Å². The molecule has 162 valence electrons. The van der Waals surface area contributed by atoms with Gasteiger partial charge >= 0.3 is 0 Å². The Morgan fingerprint density at radius 2 is 1.75 bits per heavy atom. The molecule has 0 radical (unpaired) electrons. The van der Waals surface area contributed by atoms with Gasteiger partial charge in [-0.05, 0) is 55.0 Å². The fourth-order valence-corrected chi connectivity index (χ4v) is 3.18. The molecule has 4 aromatic rings. The first-order valence-corrected chi connectivity index (χ1v) is 10.3. The number of nitrogens with zero attached hydrogens (tertiary/aromatic N) is 2. The Kier molecular flexibility index (Phi) is 6.46. The molecule has 1 N–H and O–H groups in total. The highest BCUT2D eigenvalue weighted by molar-refractivity contribution is 5.94. The van der Waals surface area contributed by atoms with Crippen molar-refractivity contribution in [1.29, 1.82) is 0 Å². The predicted octanol–water partition coefficient (Wildman–Crippen LogP) is 4.07. The standard InChI is InChI=1S/C25H23N3O4/c1-2-22(32-21-8-4-3-5-9-21)25(30)27-18-11-13-20(14-12-18)31-17-19-16-24(29)28-15-7-6-10-23(28)26-19/h3-16,22H,2,17H2,1H3,(H,27,30)/t22-/m1/s1. The largest absolute Gasteiger partial charge is 0.487 e. The summed E-state index contributed by atoms with van der Waals surface area (Å²) in [5, 5.41) is 2.87. The first-order valence-electron chi connectivity index (χ1n) is 10.3. The van der Waals surface area contributed by atoms with Crippen LogP contribution < -0.4 is 20.3 Å². The molecular weight excluding hydrogens is 406 g/mol. The lowest BCUT2D eigenvalue weighted by Gasteiger charge is -2.17. The average molecular weight is 429 g/mol. The van der Waals surface area contributed by atoms with Gasteiger partial charge in [-0.2, -0.15) is 0 Å². The van der Waals surface area contributed by atoms with Crippen LogP contribution in [0.2, 0.25) is 0 Å². The van der Waals surface area contributed by atoms with Crippen LogP contribution in [0.5, 0.6) is 11.5 Å². The molecule has 2 heterocycles. The number of nitrogens with one attached hydrogen (secondary N) is 1. The molecule has 0 spiro atoms. The van der Waals surface area contributed by atoms with E-state index in [0.29, 0.717) is 34.9 Å². The highest BCUT2D eigenvalue weighted by Gasteiger charge is 2.18. The zero-order valence-electron chi connectivity index (χ0n) is 17.6. The lowest BCUT2D eigenvalue weighted by atomic mass is 10.2. The number of carbonyl (C=O) groups is 1. The number of pyridine rings is 1. The molecule has 0 saturated carbocycles. The van der Waals surface area contributed by atoms with Crippen LogP contribution >= 0.6 is 0 Å². The third kappa shape index (κ3) is 5.13. The van der Waals surface area contributed by atoms with Crippen molar-refractivity contribution in [2.75, 3.05) is 5.32 Å². The highest BCUT2D eigenvalue weighted by Crippen LogP contribution is 2.18. The molecule has 32 heavy (non-hydrogen) atoms. The van der Waals surface area contributed by atoms with Crippen LogP contribution in [0.25, 0.3) is 5.65 Å². The van der Waals surface area contributed by atoms with Gasteiger partial charge in [0.15, 0.2) is 6.10 Å². The van der Waals surface area contributed by atoms with Crippen molar-refractivity contribution in [2.45, 2.75) is 26.1 Å². The van der Waals surface area contributed by atoms with Gasteiger partial charge in [-0.3, -0.25) is 14.0 Å². The minimum Gasteiger partial charge on any atom is -0.487 e. The van der Waals surface area contributed by atoms with Gasteiger partial charge in [0, 0.05) is 18.0 Å². The molecule has 1 atom stereocenters. The lowest BCUT2D eigenvalue weighted by Crippen LogP contribution is -2.32. The Labute approximate surface area is 185 Å². The number of rotatable bonds is 8. The van der Waals surface area contributed by atoms with Gasteiger partial charge in [-0.1, -0.05) is 31.2 Å². The topological polar surface area (TPSA) is 81.9 Å². The number of para-hydroxylation sites is 1. The van der Waals surface area contributed by atoms with Crippen molar-refractivity contribution in [3.05, 3.63) is 101 Å². The Hall–Kier alpha value is -4.13. The van der Waals surface area contributed by atoms with Gasteiger partial charge in [0.1, 0.15) is 23.8 Å². The fraction of sp³-hybridized carbons (Fsp3) is 0.160. The Morgan fingerprint density at radius 3 is 2.50 bits per heavy atom. The zero-order valence-corrected chi connectivity index (χ0v) is 17.6. The van der Waals surface area contributed by atoms with E-state index in [0.717, 1.165) is 0 Å². The van der Waals surface area contributed by atoms with E-state index >= 15 is 0 Å². The van der Waals surface area contributed by atoms with Gasteiger partial charge in [-0.25, -0.2) is 4.98 Å². The highest BCUT2D eigenvalue weighted by atomic mass is 16.5. The molecule has 0 fully saturated rings. The maximum absolute atomic E-state index is 12.6. The van der Waals surface area contributed by atoms with Gasteiger partial charge in [-0.15, -0.1) is 0 Å². The number of anilines is 1. The summed E-state index contributed by atoms with van der Waals surface area (Å²) in [5.41, 5.74) is 1.59. The van der Waals surface area contributed by atoms with E-state index in [-0.39, 0.29) is 18.1 Å². The molecule has 7 heteroatoms. The third-order valence-electron chi connectivity index (χ3n) is 4.82. The summed E-state index contributed by atoms with van der Waals surface area (Å²) in [6, 6.07) is 23.1. The van der Waals surface area contributed by atoms with E-state index in [1.165, 1.54) is 10.5 Å². The molecule has 1 amide bonds. The molecule has 2 aromatic heterocycles. The summed E-state index contributed by atoms with van der Waals surface area (Å²) in [4.78, 5) is 29.2. The molecule has 2 aromatic carbocycles. The minimum atomic E-state index is -0.591. The van der Waals surface area contributed by atoms with Gasteiger partial charge < -0.3 is 14.8 Å². The van der Waals surface area contributed by atoms with Crippen LogP contribution in [0.4, 0.5) is 5.69 Å². The number of hydrogen-bond donors (Lipinski definition) is 1. The lowest BCUT2D eigenvalue weighted by molar-refractivity contribution is -0.122. The fourth-order valence-electron chi connectivity index (χ4n) is 3.18. The number of aromatic nitrogens is 2. The molecule has 0 saturated heterocycles. The normalized spacial score (nSPS) is 11.7. The van der Waals surface area contributed by atoms with Crippen molar-refractivity contribution in [2.24, 2.45) is 0 Å². The second-order valence-electron chi connectivity index (χ2n) is 7.14. The zero-order chi connectivity index (χ0) is 22.3. The Balaban J connectivity index is 1.35. The molecule has 7 nitrogen and oxygen atoms in total. The van der Waals surface area contributed by atoms with E-state index in [2.05, 4.69) is 10.3 Å². The van der Waals surface area contributed by atoms with Crippen molar-refractivity contribution >= 4 is 17.2 Å². The van der Waals surface area contributed by atoms with E-state index < -0.39 is 6.10 Å². The summed E-state index contributed by atoms with van der Waals surface area (Å²) < 4.78 is 13.0. The van der Waals surface area contributed by atoms with Crippen LogP contribution in [0.15, 0.2) is 89.9 Å². The molecular formula is C25H23N3O4. The monoisotopic (exact) mass is 429 g/mol. The van der Waals surface area contributed by atoms with Crippen molar-refractivity contribution in [3.8, 4) is 11.5 Å². The number of carbonyl (C=O) groups excluding carboxylic acids is 1. The maximum Gasteiger partial charge on any atom is 0.265 e. The van der Waals surface area contributed by atoms with Gasteiger partial charge in [0.25, 0.3) is 11.5 Å². The third-order valence-corrected chi connectivity index (χ3v) is 4.82. The molecule has 0 aliphatic heterocycles. The first kappa shape index (κ1) is 21.1. The van der Waals surface area contributed by atoms with Gasteiger partial charge in [0.2, 0.25) is 0 Å². The summed E-state index contributed by atoms with van der Waals surface area (Å²) in [6.45, 7) is 2.06. The van der Waals surface area contributed by atoms with Crippen LogP contribution in [0.3, 0.4) is 0 Å².